The lowest BCUT2D eigenvalue weighted by Gasteiger charge is -2.15. The quantitative estimate of drug-likeness (QED) is 0.154. The van der Waals surface area contributed by atoms with Gasteiger partial charge in [-0.3, -0.25) is 0 Å². The fourth-order valence-electron chi connectivity index (χ4n) is 4.70. The number of hydrogen-bond acceptors (Lipinski definition) is 5. The smallest absolute Gasteiger partial charge is 0.122 e. The number of hydrogen-bond donors (Lipinski definition) is 4. The molecule has 0 amide bonds. The molecule has 0 saturated heterocycles. The monoisotopic (exact) mass is 538 g/mol. The molecule has 4 rings (SSSR count). The minimum absolute atomic E-state index is 0.251. The molecule has 0 fully saturated rings. The lowest BCUT2D eigenvalue weighted by molar-refractivity contribution is 0.462. The van der Waals surface area contributed by atoms with Crippen LogP contribution in [-0.4, -0.2) is 20.4 Å². The first-order valence-electron chi connectivity index (χ1n) is 12.8. The summed E-state index contributed by atoms with van der Waals surface area (Å²) in [4.78, 5) is 1.94. The number of benzene rings is 4. The van der Waals surface area contributed by atoms with Gasteiger partial charge < -0.3 is 20.4 Å². The zero-order chi connectivity index (χ0) is 28.1. The van der Waals surface area contributed by atoms with Crippen molar-refractivity contribution in [1.29, 1.82) is 0 Å². The van der Waals surface area contributed by atoms with Gasteiger partial charge in [-0.2, -0.15) is 0 Å². The molecule has 0 aromatic heterocycles. The van der Waals surface area contributed by atoms with Gasteiger partial charge in [0.25, 0.3) is 0 Å². The van der Waals surface area contributed by atoms with Gasteiger partial charge in [-0.25, -0.2) is 0 Å². The van der Waals surface area contributed by atoms with E-state index in [0.717, 1.165) is 54.3 Å². The van der Waals surface area contributed by atoms with Crippen molar-refractivity contribution in [1.82, 2.24) is 0 Å². The summed E-state index contributed by atoms with van der Waals surface area (Å²) in [7, 11) is 0. The summed E-state index contributed by atoms with van der Waals surface area (Å²) in [5, 5.41) is 41.9. The second kappa shape index (κ2) is 12.2. The minimum Gasteiger partial charge on any atom is -0.508 e. The van der Waals surface area contributed by atoms with Gasteiger partial charge in [0.2, 0.25) is 0 Å². The highest BCUT2D eigenvalue weighted by Crippen LogP contribution is 2.39. The topological polar surface area (TPSA) is 80.9 Å². The van der Waals surface area contributed by atoms with Crippen LogP contribution in [0.1, 0.15) is 44.5 Å². The van der Waals surface area contributed by atoms with Crippen LogP contribution >= 0.6 is 11.8 Å². The molecule has 5 heteroatoms. The van der Waals surface area contributed by atoms with Gasteiger partial charge in [-0.15, -0.1) is 13.2 Å². The Morgan fingerprint density at radius 3 is 1.33 bits per heavy atom. The fraction of sp³-hybridized carbons (Fsp3) is 0.176. The zero-order valence-corrected chi connectivity index (χ0v) is 23.2. The maximum absolute atomic E-state index is 11.0. The summed E-state index contributed by atoms with van der Waals surface area (Å²) in [6.45, 7) is 11.4. The summed E-state index contributed by atoms with van der Waals surface area (Å²) in [6.07, 6.45) is 5.66. The second-order valence-corrected chi connectivity index (χ2v) is 11.0. The Kier molecular flexibility index (Phi) is 8.72. The second-order valence-electron chi connectivity index (χ2n) is 9.86. The third-order valence-electron chi connectivity index (χ3n) is 6.76. The Balaban J connectivity index is 1.72. The molecule has 4 N–H and O–H groups in total. The lowest BCUT2D eigenvalue weighted by Crippen LogP contribution is -1.96. The lowest BCUT2D eigenvalue weighted by atomic mass is 9.98. The maximum atomic E-state index is 11.0. The predicted octanol–water partition coefficient (Wildman–Crippen LogP) is 7.92. The largest absolute Gasteiger partial charge is 0.508 e. The molecule has 0 radical (unpaired) electrons. The Morgan fingerprint density at radius 2 is 0.974 bits per heavy atom. The van der Waals surface area contributed by atoms with Crippen molar-refractivity contribution in [3.8, 4) is 23.0 Å². The van der Waals surface area contributed by atoms with Crippen molar-refractivity contribution in [3.05, 3.63) is 130 Å². The number of rotatable bonds is 10. The van der Waals surface area contributed by atoms with Gasteiger partial charge in [-0.1, -0.05) is 48.2 Å². The molecular formula is C34H34O4S. The molecule has 0 bridgehead atoms. The summed E-state index contributed by atoms with van der Waals surface area (Å²) < 4.78 is 0. The standard InChI is InChI=1S/C34H34O4S/c1-5-7-25-17-29(19-27(33(25)37)15-23-9-11-31(35)21(3)13-23)39-30-18-26(8-6-2)34(38)28(20-30)16-24-10-12-32(36)22(4)14-24/h5-6,9-14,17-20,35-38H,1-2,7-8,15-16H2,3-4H3. The molecule has 0 saturated carbocycles. The van der Waals surface area contributed by atoms with Crippen LogP contribution in [0.5, 0.6) is 23.0 Å². The van der Waals surface area contributed by atoms with Crippen molar-refractivity contribution >= 4 is 11.8 Å². The minimum atomic E-state index is 0.251. The first kappa shape index (κ1) is 27.9. The molecule has 4 aromatic carbocycles. The number of aryl methyl sites for hydroxylation is 2. The van der Waals surface area contributed by atoms with Crippen molar-refractivity contribution in [2.75, 3.05) is 0 Å². The van der Waals surface area contributed by atoms with Crippen LogP contribution in [0.2, 0.25) is 0 Å². The van der Waals surface area contributed by atoms with Crippen LogP contribution < -0.4 is 0 Å². The summed E-state index contributed by atoms with van der Waals surface area (Å²) in [5.41, 5.74) is 6.76. The van der Waals surface area contributed by atoms with Gasteiger partial charge >= 0.3 is 0 Å². The third kappa shape index (κ3) is 6.68. The van der Waals surface area contributed by atoms with Gasteiger partial charge in [-0.05, 0) is 108 Å². The number of aromatic hydroxyl groups is 4. The van der Waals surface area contributed by atoms with E-state index in [1.807, 2.05) is 62.4 Å². The van der Waals surface area contributed by atoms with Gasteiger partial charge in [0.05, 0.1) is 0 Å². The van der Waals surface area contributed by atoms with E-state index >= 15 is 0 Å². The molecule has 0 atom stereocenters. The predicted molar refractivity (Wildman–Crippen MR) is 159 cm³/mol. The van der Waals surface area contributed by atoms with E-state index in [1.165, 1.54) is 0 Å². The average molecular weight is 539 g/mol. The number of phenolic OH excluding ortho intramolecular Hbond substituents is 4. The molecule has 4 nitrogen and oxygen atoms in total. The van der Waals surface area contributed by atoms with Gasteiger partial charge in [0, 0.05) is 22.6 Å². The zero-order valence-electron chi connectivity index (χ0n) is 22.4. The van der Waals surface area contributed by atoms with E-state index < -0.39 is 0 Å². The van der Waals surface area contributed by atoms with Crippen molar-refractivity contribution in [2.24, 2.45) is 0 Å². The van der Waals surface area contributed by atoms with Crippen LogP contribution in [0.4, 0.5) is 0 Å². The van der Waals surface area contributed by atoms with E-state index in [-0.39, 0.29) is 23.0 Å². The number of phenols is 4. The first-order valence-corrected chi connectivity index (χ1v) is 13.7. The Hall–Kier alpha value is -4.09. The maximum Gasteiger partial charge on any atom is 0.122 e. The van der Waals surface area contributed by atoms with E-state index in [1.54, 1.807) is 36.0 Å². The molecule has 0 aliphatic rings. The highest BCUT2D eigenvalue weighted by Gasteiger charge is 2.15. The first-order chi connectivity index (χ1) is 18.7. The van der Waals surface area contributed by atoms with Crippen LogP contribution in [0.25, 0.3) is 0 Å². The molecule has 0 spiro atoms. The molecule has 200 valence electrons. The summed E-state index contributed by atoms with van der Waals surface area (Å²) in [6, 6.07) is 18.9. The summed E-state index contributed by atoms with van der Waals surface area (Å²) in [5.74, 6) is 1.01. The van der Waals surface area contributed by atoms with Crippen molar-refractivity contribution < 1.29 is 20.4 Å². The SMILES string of the molecule is C=CCc1cc(Sc2cc(CC=C)c(O)c(Cc3ccc(O)c(C)c3)c2)cc(Cc2ccc(O)c(C)c2)c1O. The van der Waals surface area contributed by atoms with E-state index in [2.05, 4.69) is 13.2 Å². The molecule has 0 heterocycles. The summed E-state index contributed by atoms with van der Waals surface area (Å²) >= 11 is 1.57. The highest BCUT2D eigenvalue weighted by atomic mass is 32.2. The molecular weight excluding hydrogens is 504 g/mol. The Labute approximate surface area is 234 Å². The van der Waals surface area contributed by atoms with Gasteiger partial charge in [0.1, 0.15) is 23.0 Å². The molecule has 0 aliphatic carbocycles. The van der Waals surface area contributed by atoms with E-state index in [9.17, 15) is 20.4 Å². The molecule has 4 aromatic rings. The Morgan fingerprint density at radius 1 is 0.590 bits per heavy atom. The van der Waals surface area contributed by atoms with E-state index in [0.29, 0.717) is 25.7 Å². The molecule has 0 aliphatic heterocycles. The van der Waals surface area contributed by atoms with Crippen LogP contribution in [0, 0.1) is 13.8 Å². The average Bonchev–Trinajstić information content (AvgIpc) is 2.89. The van der Waals surface area contributed by atoms with Crippen LogP contribution in [0.15, 0.2) is 95.8 Å². The fourth-order valence-corrected chi connectivity index (χ4v) is 5.77. The van der Waals surface area contributed by atoms with Crippen molar-refractivity contribution in [3.63, 3.8) is 0 Å². The number of allylic oxidation sites excluding steroid dienone is 2. The van der Waals surface area contributed by atoms with Gasteiger partial charge in [0.15, 0.2) is 0 Å². The highest BCUT2D eigenvalue weighted by molar-refractivity contribution is 7.99. The third-order valence-corrected chi connectivity index (χ3v) is 7.70. The Bertz CT molecular complexity index is 1420. The van der Waals surface area contributed by atoms with Crippen LogP contribution in [0.3, 0.4) is 0 Å². The van der Waals surface area contributed by atoms with Crippen molar-refractivity contribution in [2.45, 2.75) is 49.3 Å². The molecule has 0 unspecified atom stereocenters. The molecule has 39 heavy (non-hydrogen) atoms. The van der Waals surface area contributed by atoms with Crippen LogP contribution in [-0.2, 0) is 25.7 Å². The normalized spacial score (nSPS) is 10.9. The van der Waals surface area contributed by atoms with E-state index in [4.69, 9.17) is 0 Å².